The van der Waals surface area contributed by atoms with Crippen LogP contribution in [0.2, 0.25) is 0 Å². The Hall–Kier alpha value is -0.890. The summed E-state index contributed by atoms with van der Waals surface area (Å²) in [4.78, 5) is 0. The Bertz CT molecular complexity index is 441. The predicted octanol–water partition coefficient (Wildman–Crippen LogP) is 2.98. The molecule has 5 rings (SSSR count). The minimum Gasteiger partial charge on any atom is -0.327 e. The van der Waals surface area contributed by atoms with E-state index < -0.39 is 0 Å². The third-order valence-corrected chi connectivity index (χ3v) is 5.36. The van der Waals surface area contributed by atoms with Crippen LogP contribution in [0.5, 0.6) is 0 Å². The Balaban J connectivity index is 1.52. The molecular formula is C15H18FN. The Morgan fingerprint density at radius 1 is 1.12 bits per heavy atom. The van der Waals surface area contributed by atoms with Crippen molar-refractivity contribution in [2.75, 3.05) is 0 Å². The smallest absolute Gasteiger partial charge is 0.123 e. The van der Waals surface area contributed by atoms with E-state index in [0.717, 1.165) is 5.92 Å². The molecule has 1 unspecified atom stereocenters. The van der Waals surface area contributed by atoms with E-state index in [2.05, 4.69) is 0 Å². The molecule has 1 aromatic carbocycles. The van der Waals surface area contributed by atoms with Crippen LogP contribution in [0, 0.1) is 17.2 Å². The summed E-state index contributed by atoms with van der Waals surface area (Å²) < 4.78 is 12.9. The summed E-state index contributed by atoms with van der Waals surface area (Å²) in [5.41, 5.74) is 8.50. The Kier molecular flexibility index (Phi) is 1.73. The molecule has 2 heteroatoms. The molecule has 2 N–H and O–H groups in total. The van der Waals surface area contributed by atoms with Crippen LogP contribution in [-0.4, -0.2) is 6.04 Å². The van der Waals surface area contributed by atoms with Crippen LogP contribution in [-0.2, 0) is 5.41 Å². The second-order valence-corrected chi connectivity index (χ2v) is 6.54. The molecular weight excluding hydrogens is 213 g/mol. The number of hydrogen-bond acceptors (Lipinski definition) is 1. The summed E-state index contributed by atoms with van der Waals surface area (Å²) in [5.74, 6) is 0.672. The highest BCUT2D eigenvalue weighted by Gasteiger charge is 2.71. The van der Waals surface area contributed by atoms with Crippen LogP contribution in [0.4, 0.5) is 4.39 Å². The molecule has 1 atom stereocenters. The number of rotatable bonds is 3. The Morgan fingerprint density at radius 2 is 1.71 bits per heavy atom. The summed E-state index contributed by atoms with van der Waals surface area (Å²) in [6, 6.07) is 7.53. The first-order chi connectivity index (χ1) is 8.14. The van der Waals surface area contributed by atoms with Crippen molar-refractivity contribution >= 4 is 0 Å². The van der Waals surface area contributed by atoms with E-state index in [1.54, 1.807) is 12.1 Å². The lowest BCUT2D eigenvalue weighted by molar-refractivity contribution is -0.161. The minimum absolute atomic E-state index is 0.134. The lowest BCUT2D eigenvalue weighted by atomic mass is 9.31. The van der Waals surface area contributed by atoms with Crippen LogP contribution in [0.25, 0.3) is 0 Å². The van der Waals surface area contributed by atoms with Crippen LogP contribution in [0.15, 0.2) is 24.3 Å². The van der Waals surface area contributed by atoms with Crippen LogP contribution in [0.1, 0.15) is 37.7 Å². The van der Waals surface area contributed by atoms with Crippen molar-refractivity contribution in [2.45, 2.75) is 43.6 Å². The van der Waals surface area contributed by atoms with Gasteiger partial charge >= 0.3 is 0 Å². The van der Waals surface area contributed by atoms with Gasteiger partial charge in [0.2, 0.25) is 0 Å². The zero-order chi connectivity index (χ0) is 11.7. The average Bonchev–Trinajstić information content (AvgIpc) is 2.99. The topological polar surface area (TPSA) is 26.0 Å². The summed E-state index contributed by atoms with van der Waals surface area (Å²) >= 11 is 0. The molecule has 0 radical (unpaired) electrons. The van der Waals surface area contributed by atoms with Crippen molar-refractivity contribution < 1.29 is 4.39 Å². The highest BCUT2D eigenvalue weighted by atomic mass is 19.1. The number of hydrogen-bond donors (Lipinski definition) is 1. The van der Waals surface area contributed by atoms with E-state index in [-0.39, 0.29) is 5.82 Å². The van der Waals surface area contributed by atoms with Gasteiger partial charge in [-0.05, 0) is 66.5 Å². The zero-order valence-electron chi connectivity index (χ0n) is 9.95. The molecule has 0 saturated heterocycles. The van der Waals surface area contributed by atoms with E-state index in [4.69, 9.17) is 5.73 Å². The molecule has 0 amide bonds. The third-order valence-electron chi connectivity index (χ3n) is 5.36. The molecule has 4 aliphatic carbocycles. The molecule has 4 fully saturated rings. The monoisotopic (exact) mass is 231 g/mol. The standard InChI is InChI=1S/C15H18FN/c16-12-5-3-11(4-6-12)14-7-15(8-14,9-14)13(17)10-1-2-10/h3-6,10,13H,1-2,7-9,17H2. The maximum atomic E-state index is 12.9. The number of halogens is 1. The largest absolute Gasteiger partial charge is 0.327 e. The highest BCUT2D eigenvalue weighted by molar-refractivity contribution is 5.40. The third kappa shape index (κ3) is 1.22. The first-order valence-corrected chi connectivity index (χ1v) is 6.65. The zero-order valence-corrected chi connectivity index (χ0v) is 9.95. The normalized spacial score (nSPS) is 40.4. The van der Waals surface area contributed by atoms with Gasteiger partial charge in [-0.1, -0.05) is 12.1 Å². The van der Waals surface area contributed by atoms with Crippen LogP contribution >= 0.6 is 0 Å². The van der Waals surface area contributed by atoms with Crippen molar-refractivity contribution in [3.05, 3.63) is 35.6 Å². The van der Waals surface area contributed by atoms with Gasteiger partial charge in [0, 0.05) is 6.04 Å². The summed E-state index contributed by atoms with van der Waals surface area (Å²) in [6.07, 6.45) is 6.40. The first kappa shape index (κ1) is 10.1. The number of benzene rings is 1. The van der Waals surface area contributed by atoms with Crippen molar-refractivity contribution in [1.29, 1.82) is 0 Å². The lowest BCUT2D eigenvalue weighted by Crippen LogP contribution is -2.71. The quantitative estimate of drug-likeness (QED) is 0.850. The van der Waals surface area contributed by atoms with Crippen molar-refractivity contribution in [3.8, 4) is 0 Å². The van der Waals surface area contributed by atoms with Gasteiger partial charge in [0.05, 0.1) is 0 Å². The van der Waals surface area contributed by atoms with Gasteiger partial charge in [-0.2, -0.15) is 0 Å². The second kappa shape index (κ2) is 2.92. The van der Waals surface area contributed by atoms with Crippen molar-refractivity contribution in [1.82, 2.24) is 0 Å². The summed E-state index contributed by atoms with van der Waals surface area (Å²) in [7, 11) is 0. The van der Waals surface area contributed by atoms with Gasteiger partial charge in [-0.25, -0.2) is 4.39 Å². The number of nitrogens with two attached hydrogens (primary N) is 1. The van der Waals surface area contributed by atoms with E-state index in [9.17, 15) is 4.39 Å². The molecule has 0 aliphatic heterocycles. The Morgan fingerprint density at radius 3 is 2.24 bits per heavy atom. The molecule has 4 saturated carbocycles. The maximum absolute atomic E-state index is 12.9. The molecule has 1 nitrogen and oxygen atoms in total. The minimum atomic E-state index is -0.134. The molecule has 1 aromatic rings. The fourth-order valence-electron chi connectivity index (χ4n) is 4.28. The predicted molar refractivity (Wildman–Crippen MR) is 65.1 cm³/mol. The van der Waals surface area contributed by atoms with Crippen molar-refractivity contribution in [3.63, 3.8) is 0 Å². The van der Waals surface area contributed by atoms with Gasteiger partial charge in [0.1, 0.15) is 5.82 Å². The van der Waals surface area contributed by atoms with E-state index >= 15 is 0 Å². The first-order valence-electron chi connectivity index (χ1n) is 6.65. The maximum Gasteiger partial charge on any atom is 0.123 e. The van der Waals surface area contributed by atoms with E-state index in [1.165, 1.54) is 37.7 Å². The molecule has 0 spiro atoms. The van der Waals surface area contributed by atoms with E-state index in [0.29, 0.717) is 16.9 Å². The highest BCUT2D eigenvalue weighted by Crippen LogP contribution is 2.76. The van der Waals surface area contributed by atoms with Gasteiger partial charge in [0.25, 0.3) is 0 Å². The van der Waals surface area contributed by atoms with E-state index in [1.807, 2.05) is 12.1 Å². The molecule has 4 aliphatic rings. The van der Waals surface area contributed by atoms with Gasteiger partial charge in [-0.3, -0.25) is 0 Å². The molecule has 17 heavy (non-hydrogen) atoms. The SMILES string of the molecule is NC(C1CC1)C12CC(c3ccc(F)cc3)(C1)C2. The molecule has 90 valence electrons. The Labute approximate surface area is 101 Å². The van der Waals surface area contributed by atoms with Gasteiger partial charge in [0.15, 0.2) is 0 Å². The summed E-state index contributed by atoms with van der Waals surface area (Å²) in [5, 5.41) is 0. The second-order valence-electron chi connectivity index (χ2n) is 6.54. The average molecular weight is 231 g/mol. The van der Waals surface area contributed by atoms with Crippen LogP contribution in [0.3, 0.4) is 0 Å². The van der Waals surface area contributed by atoms with Gasteiger partial charge in [-0.15, -0.1) is 0 Å². The van der Waals surface area contributed by atoms with Gasteiger partial charge < -0.3 is 5.73 Å². The lowest BCUT2D eigenvalue weighted by Gasteiger charge is -2.73. The molecule has 2 bridgehead atoms. The fourth-order valence-corrected chi connectivity index (χ4v) is 4.28. The molecule has 0 heterocycles. The van der Waals surface area contributed by atoms with Crippen LogP contribution < -0.4 is 5.73 Å². The van der Waals surface area contributed by atoms with Crippen molar-refractivity contribution in [2.24, 2.45) is 17.1 Å². The summed E-state index contributed by atoms with van der Waals surface area (Å²) in [6.45, 7) is 0. The molecule has 0 aromatic heterocycles. The fraction of sp³-hybridized carbons (Fsp3) is 0.600.